The molecular formula is C21H34N2O2S. The molecule has 2 aliphatic heterocycles. The highest BCUT2D eigenvalue weighted by atomic mass is 32.2. The zero-order valence-corrected chi connectivity index (χ0v) is 17.4. The molecule has 5 heteroatoms. The van der Waals surface area contributed by atoms with Crippen LogP contribution in [0.5, 0.6) is 5.75 Å². The molecule has 2 atom stereocenters. The van der Waals surface area contributed by atoms with Crippen LogP contribution in [0.2, 0.25) is 0 Å². The summed E-state index contributed by atoms with van der Waals surface area (Å²) in [5, 5.41) is 0. The van der Waals surface area contributed by atoms with Crippen LogP contribution in [-0.4, -0.2) is 67.2 Å². The predicted octanol–water partition coefficient (Wildman–Crippen LogP) is 3.63. The highest BCUT2D eigenvalue weighted by Crippen LogP contribution is 2.29. The standard InChI is InChI=1S/C21H34N2O2S/c1-4-25-16-18-12-17(7-8-21(18)24-2)13-23-15-19-6-5-10-22(19)14-20(23)9-11-26-3/h7-8,12,19-20H,4-6,9-11,13-16H2,1-3H3/t19-,20+/m0/s1. The maximum absolute atomic E-state index is 5.64. The number of rotatable bonds is 9. The molecule has 0 saturated carbocycles. The van der Waals surface area contributed by atoms with Crippen molar-refractivity contribution in [1.29, 1.82) is 0 Å². The normalized spacial score (nSPS) is 24.0. The Morgan fingerprint density at radius 1 is 1.27 bits per heavy atom. The third kappa shape index (κ3) is 4.94. The fourth-order valence-electron chi connectivity index (χ4n) is 4.36. The molecule has 0 aromatic heterocycles. The van der Waals surface area contributed by atoms with Gasteiger partial charge in [0.2, 0.25) is 0 Å². The van der Waals surface area contributed by atoms with E-state index in [1.807, 2.05) is 18.7 Å². The number of ether oxygens (including phenoxy) is 2. The number of nitrogens with zero attached hydrogens (tertiary/aromatic N) is 2. The number of methoxy groups -OCH3 is 1. The van der Waals surface area contributed by atoms with Crippen LogP contribution in [0.4, 0.5) is 0 Å². The number of benzene rings is 1. The van der Waals surface area contributed by atoms with E-state index in [-0.39, 0.29) is 0 Å². The molecule has 2 saturated heterocycles. The summed E-state index contributed by atoms with van der Waals surface area (Å²) < 4.78 is 11.2. The van der Waals surface area contributed by atoms with E-state index in [9.17, 15) is 0 Å². The Morgan fingerprint density at radius 3 is 2.92 bits per heavy atom. The van der Waals surface area contributed by atoms with Crippen molar-refractivity contribution < 1.29 is 9.47 Å². The monoisotopic (exact) mass is 378 g/mol. The van der Waals surface area contributed by atoms with Gasteiger partial charge in [-0.25, -0.2) is 0 Å². The van der Waals surface area contributed by atoms with Gasteiger partial charge in [0.1, 0.15) is 5.75 Å². The van der Waals surface area contributed by atoms with Gasteiger partial charge in [0.15, 0.2) is 0 Å². The molecule has 0 bridgehead atoms. The highest BCUT2D eigenvalue weighted by molar-refractivity contribution is 7.98. The second kappa shape index (κ2) is 9.98. The summed E-state index contributed by atoms with van der Waals surface area (Å²) in [6, 6.07) is 8.05. The van der Waals surface area contributed by atoms with Crippen molar-refractivity contribution in [2.75, 3.05) is 45.4 Å². The first kappa shape index (κ1) is 20.0. The van der Waals surface area contributed by atoms with Gasteiger partial charge in [-0.3, -0.25) is 9.80 Å². The van der Waals surface area contributed by atoms with Crippen molar-refractivity contribution in [2.45, 2.75) is 51.4 Å². The lowest BCUT2D eigenvalue weighted by molar-refractivity contribution is 0.0442. The lowest BCUT2D eigenvalue weighted by Gasteiger charge is -2.44. The average Bonchev–Trinajstić information content (AvgIpc) is 3.11. The minimum atomic E-state index is 0.625. The van der Waals surface area contributed by atoms with Crippen LogP contribution in [0.15, 0.2) is 18.2 Å². The van der Waals surface area contributed by atoms with Gasteiger partial charge < -0.3 is 9.47 Å². The summed E-state index contributed by atoms with van der Waals surface area (Å²) in [5.41, 5.74) is 2.54. The average molecular weight is 379 g/mol. The van der Waals surface area contributed by atoms with Gasteiger partial charge >= 0.3 is 0 Å². The van der Waals surface area contributed by atoms with Crippen LogP contribution in [0.3, 0.4) is 0 Å². The number of hydrogen-bond donors (Lipinski definition) is 0. The van der Waals surface area contributed by atoms with Crippen molar-refractivity contribution in [3.05, 3.63) is 29.3 Å². The molecule has 0 spiro atoms. The lowest BCUT2D eigenvalue weighted by atomic mass is 10.0. The first-order chi connectivity index (χ1) is 12.7. The minimum Gasteiger partial charge on any atom is -0.496 e. The summed E-state index contributed by atoms with van der Waals surface area (Å²) in [5.74, 6) is 2.18. The Balaban J connectivity index is 1.71. The van der Waals surface area contributed by atoms with Crippen LogP contribution in [0.1, 0.15) is 37.3 Å². The van der Waals surface area contributed by atoms with Crippen LogP contribution >= 0.6 is 11.8 Å². The zero-order chi connectivity index (χ0) is 18.4. The second-order valence-corrected chi connectivity index (χ2v) is 8.42. The van der Waals surface area contributed by atoms with Crippen molar-refractivity contribution in [3.8, 4) is 5.75 Å². The molecule has 4 nitrogen and oxygen atoms in total. The molecule has 0 amide bonds. The van der Waals surface area contributed by atoms with E-state index >= 15 is 0 Å². The largest absolute Gasteiger partial charge is 0.496 e. The molecular weight excluding hydrogens is 344 g/mol. The lowest BCUT2D eigenvalue weighted by Crippen LogP contribution is -2.55. The Kier molecular flexibility index (Phi) is 7.67. The van der Waals surface area contributed by atoms with Gasteiger partial charge in [0.05, 0.1) is 13.7 Å². The summed E-state index contributed by atoms with van der Waals surface area (Å²) in [4.78, 5) is 5.46. The molecule has 1 aromatic rings. The second-order valence-electron chi connectivity index (χ2n) is 7.44. The summed E-state index contributed by atoms with van der Waals surface area (Å²) in [6.45, 7) is 8.18. The maximum atomic E-state index is 5.64. The number of fused-ring (bicyclic) bond motifs is 1. The fourth-order valence-corrected chi connectivity index (χ4v) is 4.87. The maximum Gasteiger partial charge on any atom is 0.124 e. The van der Waals surface area contributed by atoms with Gasteiger partial charge in [-0.2, -0.15) is 11.8 Å². The Bertz CT molecular complexity index is 569. The van der Waals surface area contributed by atoms with E-state index in [1.54, 1.807) is 7.11 Å². The number of thioether (sulfide) groups is 1. The van der Waals surface area contributed by atoms with Crippen molar-refractivity contribution >= 4 is 11.8 Å². The van der Waals surface area contributed by atoms with Crippen molar-refractivity contribution in [2.24, 2.45) is 0 Å². The molecule has 2 fully saturated rings. The Hall–Kier alpha value is -0.750. The third-order valence-electron chi connectivity index (χ3n) is 5.75. The minimum absolute atomic E-state index is 0.625. The highest BCUT2D eigenvalue weighted by Gasteiger charge is 2.35. The first-order valence-electron chi connectivity index (χ1n) is 9.95. The Labute approximate surface area is 163 Å². The van der Waals surface area contributed by atoms with Gasteiger partial charge in [-0.15, -0.1) is 0 Å². The van der Waals surface area contributed by atoms with Crippen molar-refractivity contribution in [3.63, 3.8) is 0 Å². The summed E-state index contributed by atoms with van der Waals surface area (Å²) in [6.07, 6.45) is 6.24. The summed E-state index contributed by atoms with van der Waals surface area (Å²) >= 11 is 1.97. The third-order valence-corrected chi connectivity index (χ3v) is 6.40. The van der Waals surface area contributed by atoms with Crippen LogP contribution in [0, 0.1) is 0 Å². The van der Waals surface area contributed by atoms with E-state index in [0.717, 1.165) is 30.5 Å². The van der Waals surface area contributed by atoms with Gasteiger partial charge in [0.25, 0.3) is 0 Å². The van der Waals surface area contributed by atoms with E-state index in [4.69, 9.17) is 9.47 Å². The van der Waals surface area contributed by atoms with E-state index in [0.29, 0.717) is 12.6 Å². The first-order valence-corrected chi connectivity index (χ1v) is 11.3. The van der Waals surface area contributed by atoms with E-state index in [2.05, 4.69) is 34.3 Å². The topological polar surface area (TPSA) is 24.9 Å². The van der Waals surface area contributed by atoms with Gasteiger partial charge in [-0.1, -0.05) is 6.07 Å². The zero-order valence-electron chi connectivity index (χ0n) is 16.6. The molecule has 0 radical (unpaired) electrons. The molecule has 2 heterocycles. The Morgan fingerprint density at radius 2 is 2.15 bits per heavy atom. The molecule has 0 N–H and O–H groups in total. The van der Waals surface area contributed by atoms with E-state index < -0.39 is 0 Å². The van der Waals surface area contributed by atoms with Gasteiger partial charge in [-0.05, 0) is 62.4 Å². The molecule has 0 unspecified atom stereocenters. The van der Waals surface area contributed by atoms with Gasteiger partial charge in [0, 0.05) is 43.9 Å². The molecule has 1 aromatic carbocycles. The smallest absolute Gasteiger partial charge is 0.124 e. The van der Waals surface area contributed by atoms with Crippen LogP contribution in [-0.2, 0) is 17.9 Å². The van der Waals surface area contributed by atoms with Crippen LogP contribution in [0.25, 0.3) is 0 Å². The number of piperazine rings is 1. The van der Waals surface area contributed by atoms with E-state index in [1.165, 1.54) is 50.2 Å². The molecule has 2 aliphatic rings. The quantitative estimate of drug-likeness (QED) is 0.653. The fraction of sp³-hybridized carbons (Fsp3) is 0.714. The molecule has 26 heavy (non-hydrogen) atoms. The molecule has 146 valence electrons. The molecule has 3 rings (SSSR count). The van der Waals surface area contributed by atoms with Crippen molar-refractivity contribution in [1.82, 2.24) is 9.80 Å². The molecule has 0 aliphatic carbocycles. The predicted molar refractivity (Wildman–Crippen MR) is 110 cm³/mol. The van der Waals surface area contributed by atoms with Crippen LogP contribution < -0.4 is 4.74 Å². The SMILES string of the molecule is CCOCc1cc(CN2C[C@@H]3CCCN3C[C@H]2CCSC)ccc1OC. The number of hydrogen-bond acceptors (Lipinski definition) is 5. The summed E-state index contributed by atoms with van der Waals surface area (Å²) in [7, 11) is 1.74.